The number of anilines is 1. The Morgan fingerprint density at radius 2 is 2.00 bits per heavy atom. The summed E-state index contributed by atoms with van der Waals surface area (Å²) in [6.45, 7) is 10.6. The summed E-state index contributed by atoms with van der Waals surface area (Å²) in [4.78, 5) is 26.5. The van der Waals surface area contributed by atoms with Gasteiger partial charge < -0.3 is 15.0 Å². The molecule has 0 atom stereocenters. The van der Waals surface area contributed by atoms with E-state index in [0.717, 1.165) is 69.4 Å². The molecule has 0 bridgehead atoms. The maximum Gasteiger partial charge on any atom is 0.270 e. The second-order valence-corrected chi connectivity index (χ2v) is 7.60. The maximum absolute atomic E-state index is 12.3. The van der Waals surface area contributed by atoms with Crippen molar-refractivity contribution in [2.75, 3.05) is 50.8 Å². The van der Waals surface area contributed by atoms with Gasteiger partial charge in [0.25, 0.3) is 5.91 Å². The van der Waals surface area contributed by atoms with Crippen LogP contribution in [-0.4, -0.2) is 72.8 Å². The number of nitrogens with one attached hydrogen (secondary N) is 1. The molecule has 1 aromatic heterocycles. The van der Waals surface area contributed by atoms with Crippen LogP contribution in [0.1, 0.15) is 35.7 Å². The average molecular weight is 345 g/mol. The van der Waals surface area contributed by atoms with Crippen molar-refractivity contribution in [1.29, 1.82) is 0 Å². The highest BCUT2D eigenvalue weighted by Gasteiger charge is 2.36. The molecule has 0 spiro atoms. The van der Waals surface area contributed by atoms with E-state index in [1.165, 1.54) is 0 Å². The van der Waals surface area contributed by atoms with Crippen molar-refractivity contribution < 1.29 is 9.53 Å². The number of hydrogen-bond acceptors (Lipinski definition) is 6. The summed E-state index contributed by atoms with van der Waals surface area (Å²) in [6, 6.07) is 0.570. The Bertz CT molecular complexity index is 651. The van der Waals surface area contributed by atoms with Crippen LogP contribution >= 0.6 is 0 Å². The number of carbonyl (C=O) groups excluding carboxylic acids is 1. The third-order valence-corrected chi connectivity index (χ3v) is 5.22. The van der Waals surface area contributed by atoms with E-state index < -0.39 is 0 Å². The van der Waals surface area contributed by atoms with Crippen molar-refractivity contribution in [3.8, 4) is 0 Å². The van der Waals surface area contributed by atoms with Crippen LogP contribution in [0.15, 0.2) is 0 Å². The predicted molar refractivity (Wildman–Crippen MR) is 95.0 cm³/mol. The standard InChI is InChI=1S/C18H27N5O2/c1-12(2)9-15-20-16-14(3-4-19-18(16)24)17(21-15)23-10-13(11-23)22-5-7-25-8-6-22/h12-13H,3-11H2,1-2H3,(H,19,24). The fraction of sp³-hybridized carbons (Fsp3) is 0.722. The zero-order valence-electron chi connectivity index (χ0n) is 15.1. The van der Waals surface area contributed by atoms with Crippen LogP contribution in [0, 0.1) is 5.92 Å². The van der Waals surface area contributed by atoms with Crippen molar-refractivity contribution >= 4 is 11.7 Å². The Morgan fingerprint density at radius 1 is 1.24 bits per heavy atom. The number of nitrogens with zero attached hydrogens (tertiary/aromatic N) is 4. The molecule has 3 aliphatic heterocycles. The Labute approximate surface area is 148 Å². The van der Waals surface area contributed by atoms with Crippen molar-refractivity contribution in [1.82, 2.24) is 20.2 Å². The summed E-state index contributed by atoms with van der Waals surface area (Å²) in [5.74, 6) is 2.19. The van der Waals surface area contributed by atoms with Gasteiger partial charge in [-0.3, -0.25) is 9.69 Å². The van der Waals surface area contributed by atoms with Crippen molar-refractivity contribution in [3.63, 3.8) is 0 Å². The Kier molecular flexibility index (Phi) is 4.60. The van der Waals surface area contributed by atoms with E-state index in [1.54, 1.807) is 0 Å². The van der Waals surface area contributed by atoms with Crippen LogP contribution in [0.4, 0.5) is 5.82 Å². The highest BCUT2D eigenvalue weighted by Crippen LogP contribution is 2.29. The Balaban J connectivity index is 1.56. The zero-order chi connectivity index (χ0) is 17.4. The van der Waals surface area contributed by atoms with Crippen LogP contribution < -0.4 is 10.2 Å². The number of rotatable bonds is 4. The summed E-state index contributed by atoms with van der Waals surface area (Å²) in [5, 5.41) is 2.91. The number of amides is 1. The predicted octanol–water partition coefficient (Wildman–Crippen LogP) is 0.482. The van der Waals surface area contributed by atoms with Gasteiger partial charge in [0.2, 0.25) is 0 Å². The normalized spacial score (nSPS) is 21.9. The van der Waals surface area contributed by atoms with Gasteiger partial charge >= 0.3 is 0 Å². The lowest BCUT2D eigenvalue weighted by atomic mass is 10.0. The third kappa shape index (κ3) is 3.35. The average Bonchev–Trinajstić information content (AvgIpc) is 2.55. The quantitative estimate of drug-likeness (QED) is 0.856. The molecule has 4 heterocycles. The summed E-state index contributed by atoms with van der Waals surface area (Å²) in [5.41, 5.74) is 1.61. The highest BCUT2D eigenvalue weighted by molar-refractivity contribution is 5.96. The number of fused-ring (bicyclic) bond motifs is 1. The first-order valence-corrected chi connectivity index (χ1v) is 9.36. The minimum atomic E-state index is -0.0554. The fourth-order valence-corrected chi connectivity index (χ4v) is 3.84. The summed E-state index contributed by atoms with van der Waals surface area (Å²) in [6.07, 6.45) is 1.62. The molecule has 0 aliphatic carbocycles. The van der Waals surface area contributed by atoms with Crippen molar-refractivity contribution in [3.05, 3.63) is 17.1 Å². The van der Waals surface area contributed by atoms with E-state index >= 15 is 0 Å². The SMILES string of the molecule is CC(C)Cc1nc2c(c(N3CC(N4CCOCC4)C3)n1)CCNC2=O. The number of ether oxygens (including phenoxy) is 1. The van der Waals surface area contributed by atoms with Gasteiger partial charge in [-0.2, -0.15) is 0 Å². The first kappa shape index (κ1) is 16.7. The van der Waals surface area contributed by atoms with E-state index in [2.05, 4.69) is 33.9 Å². The van der Waals surface area contributed by atoms with E-state index in [0.29, 0.717) is 24.2 Å². The molecule has 136 valence electrons. The van der Waals surface area contributed by atoms with Gasteiger partial charge in [-0.25, -0.2) is 9.97 Å². The first-order chi connectivity index (χ1) is 12.1. The largest absolute Gasteiger partial charge is 0.379 e. The molecule has 7 nitrogen and oxygen atoms in total. The smallest absolute Gasteiger partial charge is 0.270 e. The molecule has 1 aromatic rings. The molecule has 0 aromatic carbocycles. The first-order valence-electron chi connectivity index (χ1n) is 9.36. The highest BCUT2D eigenvalue weighted by atomic mass is 16.5. The maximum atomic E-state index is 12.3. The molecular formula is C18H27N5O2. The second kappa shape index (κ2) is 6.88. The summed E-state index contributed by atoms with van der Waals surface area (Å²) in [7, 11) is 0. The lowest BCUT2D eigenvalue weighted by molar-refractivity contribution is 0.0104. The minimum absolute atomic E-state index is 0.0554. The van der Waals surface area contributed by atoms with Crippen LogP contribution in [0.3, 0.4) is 0 Å². The second-order valence-electron chi connectivity index (χ2n) is 7.60. The molecule has 2 saturated heterocycles. The Hall–Kier alpha value is -1.73. The number of aromatic nitrogens is 2. The molecule has 1 amide bonds. The minimum Gasteiger partial charge on any atom is -0.379 e. The Morgan fingerprint density at radius 3 is 2.72 bits per heavy atom. The van der Waals surface area contributed by atoms with E-state index in [4.69, 9.17) is 9.72 Å². The topological polar surface area (TPSA) is 70.6 Å². The third-order valence-electron chi connectivity index (χ3n) is 5.22. The van der Waals surface area contributed by atoms with Gasteiger partial charge in [0.15, 0.2) is 0 Å². The lowest BCUT2D eigenvalue weighted by Crippen LogP contribution is -2.62. The van der Waals surface area contributed by atoms with Gasteiger partial charge in [0.05, 0.1) is 13.2 Å². The van der Waals surface area contributed by atoms with Crippen LogP contribution in [0.25, 0.3) is 0 Å². The van der Waals surface area contributed by atoms with Gasteiger partial charge in [-0.1, -0.05) is 13.8 Å². The number of morpholine rings is 1. The van der Waals surface area contributed by atoms with Crippen LogP contribution in [0.5, 0.6) is 0 Å². The summed E-state index contributed by atoms with van der Waals surface area (Å²) < 4.78 is 5.45. The molecule has 3 aliphatic rings. The molecular weight excluding hydrogens is 318 g/mol. The van der Waals surface area contributed by atoms with E-state index in [-0.39, 0.29) is 5.91 Å². The lowest BCUT2D eigenvalue weighted by Gasteiger charge is -2.47. The van der Waals surface area contributed by atoms with Crippen molar-refractivity contribution in [2.45, 2.75) is 32.7 Å². The molecule has 4 rings (SSSR count). The molecule has 25 heavy (non-hydrogen) atoms. The van der Waals surface area contributed by atoms with Gasteiger partial charge in [-0.05, 0) is 12.3 Å². The molecule has 2 fully saturated rings. The van der Waals surface area contributed by atoms with Crippen LogP contribution in [-0.2, 0) is 17.6 Å². The molecule has 0 unspecified atom stereocenters. The monoisotopic (exact) mass is 345 g/mol. The van der Waals surface area contributed by atoms with Gasteiger partial charge in [-0.15, -0.1) is 0 Å². The van der Waals surface area contributed by atoms with Crippen molar-refractivity contribution in [2.24, 2.45) is 5.92 Å². The van der Waals surface area contributed by atoms with Crippen LogP contribution in [0.2, 0.25) is 0 Å². The molecule has 0 radical (unpaired) electrons. The molecule has 0 saturated carbocycles. The zero-order valence-corrected chi connectivity index (χ0v) is 15.1. The van der Waals surface area contributed by atoms with Gasteiger partial charge in [0, 0.05) is 50.7 Å². The summed E-state index contributed by atoms with van der Waals surface area (Å²) >= 11 is 0. The number of carbonyl (C=O) groups is 1. The van der Waals surface area contributed by atoms with E-state index in [9.17, 15) is 4.79 Å². The molecule has 1 N–H and O–H groups in total. The van der Waals surface area contributed by atoms with E-state index in [1.807, 2.05) is 0 Å². The fourth-order valence-electron chi connectivity index (χ4n) is 3.84. The number of hydrogen-bond donors (Lipinski definition) is 1. The molecule has 7 heteroatoms. The van der Waals surface area contributed by atoms with Gasteiger partial charge in [0.1, 0.15) is 17.3 Å².